The van der Waals surface area contributed by atoms with E-state index in [4.69, 9.17) is 9.47 Å². The van der Waals surface area contributed by atoms with E-state index < -0.39 is 0 Å². The molecule has 140 valence electrons. The number of carbonyl (C=O) groups excluding carboxylic acids is 1. The second kappa shape index (κ2) is 9.78. The maximum atomic E-state index is 12.2. The first-order valence-corrected chi connectivity index (χ1v) is 9.23. The van der Waals surface area contributed by atoms with Crippen LogP contribution in [0, 0.1) is 19.8 Å². The summed E-state index contributed by atoms with van der Waals surface area (Å²) >= 11 is 0. The van der Waals surface area contributed by atoms with Crippen LogP contribution >= 0.6 is 0 Å². The lowest BCUT2D eigenvalue weighted by Crippen LogP contribution is -2.49. The van der Waals surface area contributed by atoms with Crippen molar-refractivity contribution in [1.29, 1.82) is 0 Å². The van der Waals surface area contributed by atoms with Crippen LogP contribution in [-0.4, -0.2) is 56.3 Å². The molecule has 5 nitrogen and oxygen atoms in total. The van der Waals surface area contributed by atoms with Crippen LogP contribution in [0.2, 0.25) is 0 Å². The summed E-state index contributed by atoms with van der Waals surface area (Å²) in [5.74, 6) is 1.28. The number of ether oxygens (including phenoxy) is 2. The molecule has 0 aliphatic carbocycles. The molecule has 1 fully saturated rings. The van der Waals surface area contributed by atoms with Gasteiger partial charge in [0.1, 0.15) is 5.75 Å². The Morgan fingerprint density at radius 2 is 1.84 bits per heavy atom. The molecule has 5 heteroatoms. The van der Waals surface area contributed by atoms with Crippen LogP contribution < -0.4 is 10.1 Å². The number of nitrogens with one attached hydrogen (secondary N) is 1. The molecule has 25 heavy (non-hydrogen) atoms. The minimum Gasteiger partial charge on any atom is -0.484 e. The summed E-state index contributed by atoms with van der Waals surface area (Å²) in [5.41, 5.74) is 2.28. The van der Waals surface area contributed by atoms with E-state index in [-0.39, 0.29) is 12.5 Å². The molecule has 0 radical (unpaired) electrons. The maximum Gasteiger partial charge on any atom is 0.257 e. The third-order valence-corrected chi connectivity index (χ3v) is 4.41. The first-order chi connectivity index (χ1) is 11.9. The van der Waals surface area contributed by atoms with Crippen molar-refractivity contribution in [1.82, 2.24) is 10.2 Å². The van der Waals surface area contributed by atoms with Gasteiger partial charge in [0.05, 0.1) is 13.2 Å². The zero-order valence-electron chi connectivity index (χ0n) is 16.0. The van der Waals surface area contributed by atoms with Gasteiger partial charge in [0.25, 0.3) is 5.91 Å². The molecule has 1 N–H and O–H groups in total. The van der Waals surface area contributed by atoms with E-state index in [1.807, 2.05) is 26.0 Å². The molecule has 1 aromatic rings. The number of nitrogens with zero attached hydrogens (tertiary/aromatic N) is 1. The summed E-state index contributed by atoms with van der Waals surface area (Å²) in [6.45, 7) is 12.6. The molecule has 0 saturated carbocycles. The fourth-order valence-electron chi connectivity index (χ4n) is 3.30. The van der Waals surface area contributed by atoms with Crippen molar-refractivity contribution in [2.75, 3.05) is 39.5 Å². The van der Waals surface area contributed by atoms with Gasteiger partial charge in [-0.05, 0) is 49.4 Å². The third-order valence-electron chi connectivity index (χ3n) is 4.41. The van der Waals surface area contributed by atoms with Crippen molar-refractivity contribution in [3.63, 3.8) is 0 Å². The Morgan fingerprint density at radius 3 is 2.44 bits per heavy atom. The van der Waals surface area contributed by atoms with E-state index in [2.05, 4.69) is 30.1 Å². The minimum absolute atomic E-state index is 0.0560. The van der Waals surface area contributed by atoms with Gasteiger partial charge >= 0.3 is 0 Å². The highest BCUT2D eigenvalue weighted by Crippen LogP contribution is 2.16. The van der Waals surface area contributed by atoms with E-state index in [1.54, 1.807) is 0 Å². The molecule has 1 atom stereocenters. The first-order valence-electron chi connectivity index (χ1n) is 9.23. The van der Waals surface area contributed by atoms with E-state index in [0.717, 1.165) is 49.6 Å². The number of morpholine rings is 1. The van der Waals surface area contributed by atoms with Gasteiger partial charge in [0.15, 0.2) is 6.61 Å². The monoisotopic (exact) mass is 348 g/mol. The Balaban J connectivity index is 1.81. The molecule has 0 bridgehead atoms. The summed E-state index contributed by atoms with van der Waals surface area (Å²) in [7, 11) is 0. The van der Waals surface area contributed by atoms with Gasteiger partial charge in [-0.1, -0.05) is 19.9 Å². The Kier molecular flexibility index (Phi) is 7.72. The second-order valence-electron chi connectivity index (χ2n) is 7.35. The molecular weight excluding hydrogens is 316 g/mol. The summed E-state index contributed by atoms with van der Waals surface area (Å²) < 4.78 is 11.1. The average molecular weight is 348 g/mol. The molecule has 1 saturated heterocycles. The van der Waals surface area contributed by atoms with Gasteiger partial charge in [-0.2, -0.15) is 0 Å². The van der Waals surface area contributed by atoms with Crippen LogP contribution in [-0.2, 0) is 9.53 Å². The predicted octanol–water partition coefficient (Wildman–Crippen LogP) is 2.55. The molecule has 0 aromatic heterocycles. The SMILES string of the molecule is Cc1cc(C)cc(OCC(=O)NCC(CC(C)C)N2CCOCC2)c1. The van der Waals surface area contributed by atoms with Gasteiger partial charge in [-0.15, -0.1) is 0 Å². The zero-order chi connectivity index (χ0) is 18.2. The molecule has 0 spiro atoms. The van der Waals surface area contributed by atoms with E-state index >= 15 is 0 Å². The molecule has 1 aliphatic rings. The van der Waals surface area contributed by atoms with E-state index in [9.17, 15) is 4.79 Å². The smallest absolute Gasteiger partial charge is 0.257 e. The second-order valence-corrected chi connectivity index (χ2v) is 7.35. The number of hydrogen-bond donors (Lipinski definition) is 1. The van der Waals surface area contributed by atoms with Crippen LogP contribution in [0.3, 0.4) is 0 Å². The van der Waals surface area contributed by atoms with Gasteiger partial charge in [0, 0.05) is 25.7 Å². The standard InChI is InChI=1S/C20H32N2O3/c1-15(2)9-18(22-5-7-24-8-6-22)13-21-20(23)14-25-19-11-16(3)10-17(4)12-19/h10-12,15,18H,5-9,13-14H2,1-4H3,(H,21,23). The van der Waals surface area contributed by atoms with Crippen LogP contribution in [0.15, 0.2) is 18.2 Å². The minimum atomic E-state index is -0.0684. The fourth-order valence-corrected chi connectivity index (χ4v) is 3.30. The Morgan fingerprint density at radius 1 is 1.20 bits per heavy atom. The van der Waals surface area contributed by atoms with Gasteiger partial charge in [-0.3, -0.25) is 9.69 Å². The van der Waals surface area contributed by atoms with Gasteiger partial charge in [-0.25, -0.2) is 0 Å². The lowest BCUT2D eigenvalue weighted by atomic mass is 10.0. The molecule has 1 aliphatic heterocycles. The fraction of sp³-hybridized carbons (Fsp3) is 0.650. The lowest BCUT2D eigenvalue weighted by Gasteiger charge is -2.35. The summed E-state index contributed by atoms with van der Waals surface area (Å²) in [6, 6.07) is 6.35. The van der Waals surface area contributed by atoms with Crippen molar-refractivity contribution in [2.24, 2.45) is 5.92 Å². The first kappa shape index (κ1) is 19.7. The van der Waals surface area contributed by atoms with Crippen molar-refractivity contribution in [3.8, 4) is 5.75 Å². The average Bonchev–Trinajstić information content (AvgIpc) is 2.56. The highest BCUT2D eigenvalue weighted by Gasteiger charge is 2.22. The molecular formula is C20H32N2O3. The number of aryl methyl sites for hydroxylation is 2. The Bertz CT molecular complexity index is 534. The summed E-state index contributed by atoms with van der Waals surface area (Å²) in [6.07, 6.45) is 1.07. The van der Waals surface area contributed by atoms with Crippen molar-refractivity contribution in [3.05, 3.63) is 29.3 Å². The summed E-state index contributed by atoms with van der Waals surface area (Å²) in [5, 5.41) is 3.04. The van der Waals surface area contributed by atoms with Gasteiger partial charge < -0.3 is 14.8 Å². The van der Waals surface area contributed by atoms with Crippen molar-refractivity contribution < 1.29 is 14.3 Å². The summed E-state index contributed by atoms with van der Waals surface area (Å²) in [4.78, 5) is 14.6. The number of carbonyl (C=O) groups is 1. The predicted molar refractivity (Wildman–Crippen MR) is 100 cm³/mol. The highest BCUT2D eigenvalue weighted by molar-refractivity contribution is 5.77. The number of rotatable bonds is 8. The number of hydrogen-bond acceptors (Lipinski definition) is 4. The molecule has 1 heterocycles. The van der Waals surface area contributed by atoms with Crippen molar-refractivity contribution in [2.45, 2.75) is 40.2 Å². The highest BCUT2D eigenvalue weighted by atomic mass is 16.5. The molecule has 1 amide bonds. The van der Waals surface area contributed by atoms with Crippen LogP contribution in [0.1, 0.15) is 31.4 Å². The molecule has 1 unspecified atom stereocenters. The Labute approximate surface area is 151 Å². The third kappa shape index (κ3) is 7.04. The molecule has 2 rings (SSSR count). The largest absolute Gasteiger partial charge is 0.484 e. The quantitative estimate of drug-likeness (QED) is 0.784. The van der Waals surface area contributed by atoms with Gasteiger partial charge in [0.2, 0.25) is 0 Å². The maximum absolute atomic E-state index is 12.2. The van der Waals surface area contributed by atoms with E-state index in [0.29, 0.717) is 18.5 Å². The number of amides is 1. The van der Waals surface area contributed by atoms with E-state index in [1.165, 1.54) is 0 Å². The normalized spacial score (nSPS) is 16.7. The number of benzene rings is 1. The topological polar surface area (TPSA) is 50.8 Å². The van der Waals surface area contributed by atoms with Crippen molar-refractivity contribution >= 4 is 5.91 Å². The molecule has 1 aromatic carbocycles. The lowest BCUT2D eigenvalue weighted by molar-refractivity contribution is -0.123. The zero-order valence-corrected chi connectivity index (χ0v) is 16.0. The van der Waals surface area contributed by atoms with Crippen LogP contribution in [0.25, 0.3) is 0 Å². The van der Waals surface area contributed by atoms with Crippen LogP contribution in [0.5, 0.6) is 5.75 Å². The Hall–Kier alpha value is -1.59. The van der Waals surface area contributed by atoms with Crippen LogP contribution in [0.4, 0.5) is 0 Å².